The van der Waals surface area contributed by atoms with E-state index in [0.717, 1.165) is 24.0 Å². The van der Waals surface area contributed by atoms with Crippen molar-refractivity contribution in [2.24, 2.45) is 0 Å². The quantitative estimate of drug-likeness (QED) is 0.484. The molecule has 0 bridgehead atoms. The summed E-state index contributed by atoms with van der Waals surface area (Å²) in [4.78, 5) is 23.6. The third kappa shape index (κ3) is 2.88. The van der Waals surface area contributed by atoms with Crippen molar-refractivity contribution < 1.29 is 14.2 Å². The highest BCUT2D eigenvalue weighted by Crippen LogP contribution is 2.46. The lowest BCUT2D eigenvalue weighted by Gasteiger charge is -2.23. The minimum absolute atomic E-state index is 0.105. The summed E-state index contributed by atoms with van der Waals surface area (Å²) < 4.78 is 4.68. The van der Waals surface area contributed by atoms with Crippen LogP contribution >= 0.6 is 0 Å². The SMILES string of the molecule is CC(C)(C)c1cc([N+](=O)[O-])c(C(=O)c2cnoc2)cc1C1CC1. The van der Waals surface area contributed by atoms with E-state index in [4.69, 9.17) is 0 Å². The van der Waals surface area contributed by atoms with Gasteiger partial charge in [0.25, 0.3) is 5.69 Å². The van der Waals surface area contributed by atoms with E-state index in [9.17, 15) is 14.9 Å². The maximum Gasteiger partial charge on any atom is 0.280 e. The molecule has 1 heterocycles. The Bertz CT molecular complexity index is 769. The fourth-order valence-electron chi connectivity index (χ4n) is 2.79. The lowest BCUT2D eigenvalue weighted by molar-refractivity contribution is -0.385. The highest BCUT2D eigenvalue weighted by Gasteiger charge is 2.34. The van der Waals surface area contributed by atoms with Crippen LogP contribution < -0.4 is 0 Å². The van der Waals surface area contributed by atoms with Crippen LogP contribution in [0.2, 0.25) is 0 Å². The minimum atomic E-state index is -0.493. The van der Waals surface area contributed by atoms with Gasteiger partial charge in [-0.05, 0) is 41.4 Å². The number of hydrogen-bond donors (Lipinski definition) is 0. The normalized spacial score (nSPS) is 14.7. The first kappa shape index (κ1) is 15.4. The molecule has 0 radical (unpaired) electrons. The maximum atomic E-state index is 12.6. The third-order valence-electron chi connectivity index (χ3n) is 4.13. The largest absolute Gasteiger partial charge is 0.364 e. The van der Waals surface area contributed by atoms with Crippen molar-refractivity contribution >= 4 is 11.5 Å². The fraction of sp³-hybridized carbons (Fsp3) is 0.412. The van der Waals surface area contributed by atoms with Gasteiger partial charge in [0.15, 0.2) is 0 Å². The molecule has 2 aromatic rings. The summed E-state index contributed by atoms with van der Waals surface area (Å²) in [7, 11) is 0. The Labute approximate surface area is 133 Å². The standard InChI is InChI=1S/C17H18N2O4/c1-17(2,3)14-7-15(19(21)22)13(6-12(14)10-4-5-10)16(20)11-8-18-23-9-11/h6-10H,4-5H2,1-3H3. The molecule has 0 atom stereocenters. The zero-order valence-corrected chi connectivity index (χ0v) is 13.3. The van der Waals surface area contributed by atoms with E-state index in [2.05, 4.69) is 9.68 Å². The van der Waals surface area contributed by atoms with Gasteiger partial charge in [0, 0.05) is 6.07 Å². The van der Waals surface area contributed by atoms with Crippen molar-refractivity contribution in [2.45, 2.75) is 44.9 Å². The molecule has 0 amide bonds. The molecule has 0 unspecified atom stereocenters. The zero-order chi connectivity index (χ0) is 16.8. The van der Waals surface area contributed by atoms with E-state index in [-0.39, 0.29) is 22.2 Å². The van der Waals surface area contributed by atoms with Gasteiger partial charge in [-0.25, -0.2) is 0 Å². The second-order valence-corrected chi connectivity index (χ2v) is 6.98. The van der Waals surface area contributed by atoms with Gasteiger partial charge in [0.05, 0.1) is 16.7 Å². The Morgan fingerprint density at radius 1 is 1.35 bits per heavy atom. The highest BCUT2D eigenvalue weighted by molar-refractivity contribution is 6.11. The molecule has 0 aliphatic heterocycles. The van der Waals surface area contributed by atoms with E-state index in [1.54, 1.807) is 12.1 Å². The molecule has 1 aliphatic carbocycles. The van der Waals surface area contributed by atoms with Crippen LogP contribution in [0.3, 0.4) is 0 Å². The topological polar surface area (TPSA) is 86.2 Å². The summed E-state index contributed by atoms with van der Waals surface area (Å²) >= 11 is 0. The van der Waals surface area contributed by atoms with E-state index in [0.29, 0.717) is 5.92 Å². The molecule has 1 saturated carbocycles. The van der Waals surface area contributed by atoms with Crippen LogP contribution in [-0.4, -0.2) is 15.9 Å². The zero-order valence-electron chi connectivity index (χ0n) is 13.3. The minimum Gasteiger partial charge on any atom is -0.364 e. The predicted molar refractivity (Wildman–Crippen MR) is 83.7 cm³/mol. The van der Waals surface area contributed by atoms with Crippen LogP contribution in [0.25, 0.3) is 0 Å². The van der Waals surface area contributed by atoms with Gasteiger partial charge < -0.3 is 4.52 Å². The number of carbonyl (C=O) groups is 1. The average molecular weight is 314 g/mol. The summed E-state index contributed by atoms with van der Waals surface area (Å²) in [5.74, 6) is -0.0423. The van der Waals surface area contributed by atoms with Gasteiger partial charge in [0.1, 0.15) is 11.8 Å². The number of nitrogens with zero attached hydrogens (tertiary/aromatic N) is 2. The van der Waals surface area contributed by atoms with Gasteiger partial charge in [-0.3, -0.25) is 14.9 Å². The Morgan fingerprint density at radius 2 is 2.04 bits per heavy atom. The summed E-state index contributed by atoms with van der Waals surface area (Å²) in [5, 5.41) is 15.0. The fourth-order valence-corrected chi connectivity index (χ4v) is 2.79. The molecule has 1 aliphatic rings. The molecule has 1 aromatic heterocycles. The summed E-state index contributed by atoms with van der Waals surface area (Å²) in [5.41, 5.74) is 1.93. The number of hydrogen-bond acceptors (Lipinski definition) is 5. The Hall–Kier alpha value is -2.50. The molecule has 120 valence electrons. The molecular formula is C17H18N2O4. The van der Waals surface area contributed by atoms with Crippen LogP contribution in [0.15, 0.2) is 29.1 Å². The summed E-state index contributed by atoms with van der Waals surface area (Å²) in [6, 6.07) is 3.26. The molecule has 23 heavy (non-hydrogen) atoms. The van der Waals surface area contributed by atoms with Crippen molar-refractivity contribution in [3.8, 4) is 0 Å². The van der Waals surface area contributed by atoms with E-state index < -0.39 is 10.7 Å². The lowest BCUT2D eigenvalue weighted by atomic mass is 9.80. The van der Waals surface area contributed by atoms with Gasteiger partial charge in [0.2, 0.25) is 5.78 Å². The molecule has 3 rings (SSSR count). The molecule has 0 saturated heterocycles. The Kier molecular flexibility index (Phi) is 3.55. The average Bonchev–Trinajstić information content (AvgIpc) is 3.18. The molecule has 1 aromatic carbocycles. The van der Waals surface area contributed by atoms with Crippen LogP contribution in [0.1, 0.15) is 66.6 Å². The Morgan fingerprint density at radius 3 is 2.52 bits per heavy atom. The van der Waals surface area contributed by atoms with Crippen molar-refractivity contribution in [3.05, 3.63) is 57.0 Å². The predicted octanol–water partition coefficient (Wildman–Crippen LogP) is 3.99. The van der Waals surface area contributed by atoms with Crippen molar-refractivity contribution in [2.75, 3.05) is 0 Å². The number of benzene rings is 1. The first-order valence-corrected chi connectivity index (χ1v) is 7.56. The molecule has 0 spiro atoms. The van der Waals surface area contributed by atoms with Crippen LogP contribution in [-0.2, 0) is 5.41 Å². The molecule has 0 N–H and O–H groups in total. The molecule has 6 heteroatoms. The van der Waals surface area contributed by atoms with Gasteiger partial charge in [-0.15, -0.1) is 0 Å². The first-order chi connectivity index (χ1) is 10.8. The highest BCUT2D eigenvalue weighted by atomic mass is 16.6. The van der Waals surface area contributed by atoms with Crippen LogP contribution in [0.5, 0.6) is 0 Å². The van der Waals surface area contributed by atoms with Crippen molar-refractivity contribution in [3.63, 3.8) is 0 Å². The monoisotopic (exact) mass is 314 g/mol. The number of ketones is 1. The maximum absolute atomic E-state index is 12.6. The number of aromatic nitrogens is 1. The van der Waals surface area contributed by atoms with Crippen LogP contribution in [0.4, 0.5) is 5.69 Å². The number of nitro benzene ring substituents is 1. The lowest BCUT2D eigenvalue weighted by Crippen LogP contribution is -2.16. The first-order valence-electron chi connectivity index (χ1n) is 7.56. The summed E-state index contributed by atoms with van der Waals surface area (Å²) in [6.45, 7) is 6.08. The summed E-state index contributed by atoms with van der Waals surface area (Å²) in [6.07, 6.45) is 4.60. The third-order valence-corrected chi connectivity index (χ3v) is 4.13. The molecular weight excluding hydrogens is 296 g/mol. The van der Waals surface area contributed by atoms with Gasteiger partial charge in [-0.2, -0.15) is 0 Å². The molecule has 1 fully saturated rings. The second kappa shape index (κ2) is 5.30. The van der Waals surface area contributed by atoms with Crippen molar-refractivity contribution in [1.29, 1.82) is 0 Å². The molecule has 6 nitrogen and oxygen atoms in total. The van der Waals surface area contributed by atoms with E-state index >= 15 is 0 Å². The van der Waals surface area contributed by atoms with Gasteiger partial charge >= 0.3 is 0 Å². The number of nitro groups is 1. The van der Waals surface area contributed by atoms with Crippen LogP contribution in [0, 0.1) is 10.1 Å². The van der Waals surface area contributed by atoms with E-state index in [1.165, 1.54) is 12.5 Å². The number of carbonyl (C=O) groups excluding carboxylic acids is 1. The number of rotatable bonds is 4. The Balaban J connectivity index is 2.20. The van der Waals surface area contributed by atoms with Gasteiger partial charge in [-0.1, -0.05) is 25.9 Å². The smallest absolute Gasteiger partial charge is 0.280 e. The van der Waals surface area contributed by atoms with E-state index in [1.807, 2.05) is 20.8 Å². The van der Waals surface area contributed by atoms with Crippen molar-refractivity contribution in [1.82, 2.24) is 5.16 Å². The second-order valence-electron chi connectivity index (χ2n) is 6.98.